The smallest absolute Gasteiger partial charge is 0.216 e. The summed E-state index contributed by atoms with van der Waals surface area (Å²) in [6.45, 7) is 1.69. The Bertz CT molecular complexity index is 1590. The van der Waals surface area contributed by atoms with Crippen LogP contribution in [-0.4, -0.2) is 0 Å². The number of benzene rings is 3. The van der Waals surface area contributed by atoms with Crippen LogP contribution in [0.5, 0.6) is 0 Å². The quantitative estimate of drug-likeness (QED) is 0.290. The van der Waals surface area contributed by atoms with Crippen LogP contribution in [0, 0.1) is 6.92 Å². The highest BCUT2D eigenvalue weighted by Crippen LogP contribution is 2.52. The van der Waals surface area contributed by atoms with Crippen LogP contribution in [0.15, 0.2) is 77.3 Å². The molecule has 5 aromatic rings. The van der Waals surface area contributed by atoms with Gasteiger partial charge < -0.3 is 4.42 Å². The summed E-state index contributed by atoms with van der Waals surface area (Å²) in [6.07, 6.45) is 2.02. The molecule has 146 valence electrons. The number of aromatic nitrogens is 1. The summed E-state index contributed by atoms with van der Waals surface area (Å²) in [5.74, 6) is 0. The average molecular weight is 394 g/mol. The Morgan fingerprint density at radius 1 is 0.867 bits per heavy atom. The molecule has 0 N–H and O–H groups in total. The van der Waals surface area contributed by atoms with Crippen molar-refractivity contribution in [3.8, 4) is 22.4 Å². The van der Waals surface area contributed by atoms with E-state index in [0.29, 0.717) is 5.58 Å². The lowest BCUT2D eigenvalue weighted by atomic mass is 9.82. The molecule has 1 aliphatic carbocycles. The number of fused-ring (bicyclic) bond motifs is 7. The lowest BCUT2D eigenvalue weighted by Crippen LogP contribution is -2.30. The predicted octanol–water partition coefficient (Wildman–Crippen LogP) is 6.69. The molecular weight excluding hydrogens is 366 g/mol. The summed E-state index contributed by atoms with van der Waals surface area (Å²) >= 11 is 0. The fourth-order valence-electron chi connectivity index (χ4n) is 5.11. The molecule has 2 nitrogen and oxygen atoms in total. The molecule has 1 unspecified atom stereocenters. The van der Waals surface area contributed by atoms with E-state index < -0.39 is 12.3 Å². The third kappa shape index (κ3) is 2.11. The van der Waals surface area contributed by atoms with Gasteiger partial charge in [-0.3, -0.25) is 0 Å². The number of pyridine rings is 1. The average Bonchev–Trinajstić information content (AvgIpc) is 3.28. The lowest BCUT2D eigenvalue weighted by Gasteiger charge is -2.21. The number of aryl methyl sites for hydroxylation is 2. The normalized spacial score (nSPS) is 19.4. The summed E-state index contributed by atoms with van der Waals surface area (Å²) in [4.78, 5) is 0. The Hall–Kier alpha value is -3.39. The molecule has 2 heteroatoms. The third-order valence-corrected chi connectivity index (χ3v) is 6.58. The van der Waals surface area contributed by atoms with Gasteiger partial charge in [0.05, 0.1) is 5.56 Å². The number of nitrogens with zero attached hydrogens (tertiary/aromatic N) is 1. The van der Waals surface area contributed by atoms with Crippen LogP contribution in [0.3, 0.4) is 0 Å². The molecule has 0 radical (unpaired) electrons. The second kappa shape index (κ2) is 5.82. The van der Waals surface area contributed by atoms with Gasteiger partial charge in [0.15, 0.2) is 6.20 Å². The Balaban J connectivity index is 1.78. The lowest BCUT2D eigenvalue weighted by molar-refractivity contribution is -0.660. The first kappa shape index (κ1) is 14.6. The van der Waals surface area contributed by atoms with Gasteiger partial charge in [0.2, 0.25) is 5.69 Å². The van der Waals surface area contributed by atoms with Crippen molar-refractivity contribution >= 4 is 21.9 Å². The van der Waals surface area contributed by atoms with Crippen LogP contribution in [0.4, 0.5) is 0 Å². The van der Waals surface area contributed by atoms with Gasteiger partial charge in [0, 0.05) is 38.0 Å². The van der Waals surface area contributed by atoms with Crippen molar-refractivity contribution in [3.63, 3.8) is 0 Å². The molecule has 0 spiro atoms. The van der Waals surface area contributed by atoms with Crippen molar-refractivity contribution in [2.24, 2.45) is 7.05 Å². The minimum absolute atomic E-state index is 0.669. The van der Waals surface area contributed by atoms with Gasteiger partial charge in [-0.25, -0.2) is 4.57 Å². The molecule has 3 aromatic carbocycles. The minimum Gasteiger partial charge on any atom is -0.455 e. The fraction of sp³-hybridized carbons (Fsp3) is 0.179. The number of hydrogen-bond donors (Lipinski definition) is 0. The Morgan fingerprint density at radius 2 is 1.63 bits per heavy atom. The first-order valence-corrected chi connectivity index (χ1v) is 10.3. The maximum atomic E-state index is 8.52. The van der Waals surface area contributed by atoms with Crippen LogP contribution >= 0.6 is 0 Å². The van der Waals surface area contributed by atoms with Crippen molar-refractivity contribution in [2.45, 2.75) is 26.1 Å². The summed E-state index contributed by atoms with van der Waals surface area (Å²) in [5, 5.41) is 1.95. The zero-order valence-electron chi connectivity index (χ0n) is 20.3. The molecule has 2 aromatic heterocycles. The SMILES string of the molecule is [2H]C([2H])([2H])C1(C)c2ccccc2-c2ccc3c(oc4c(-c5cccc[n+]5C)c(C)ccc43)c21. The highest BCUT2D eigenvalue weighted by atomic mass is 16.3. The van der Waals surface area contributed by atoms with Crippen molar-refractivity contribution in [1.29, 1.82) is 0 Å². The largest absolute Gasteiger partial charge is 0.455 e. The van der Waals surface area contributed by atoms with Crippen LogP contribution in [-0.2, 0) is 12.5 Å². The molecule has 30 heavy (non-hydrogen) atoms. The third-order valence-electron chi connectivity index (χ3n) is 6.58. The van der Waals surface area contributed by atoms with Gasteiger partial charge in [-0.15, -0.1) is 0 Å². The summed E-state index contributed by atoms with van der Waals surface area (Å²) < 4.78 is 34.3. The zero-order chi connectivity index (χ0) is 23.1. The van der Waals surface area contributed by atoms with Crippen LogP contribution < -0.4 is 4.57 Å². The molecule has 1 aliphatic rings. The van der Waals surface area contributed by atoms with E-state index in [0.717, 1.165) is 55.4 Å². The second-order valence-corrected chi connectivity index (χ2v) is 8.47. The van der Waals surface area contributed by atoms with E-state index in [1.165, 1.54) is 0 Å². The van der Waals surface area contributed by atoms with Gasteiger partial charge in [0.25, 0.3) is 0 Å². The van der Waals surface area contributed by atoms with Crippen LogP contribution in [0.25, 0.3) is 44.3 Å². The van der Waals surface area contributed by atoms with Crippen LogP contribution in [0.1, 0.15) is 34.6 Å². The van der Waals surface area contributed by atoms with E-state index in [4.69, 9.17) is 8.53 Å². The van der Waals surface area contributed by atoms with Crippen LogP contribution in [0.2, 0.25) is 0 Å². The molecule has 0 amide bonds. The van der Waals surface area contributed by atoms with Gasteiger partial charge in [0.1, 0.15) is 18.2 Å². The first-order chi connectivity index (χ1) is 15.7. The molecule has 0 fully saturated rings. The maximum Gasteiger partial charge on any atom is 0.216 e. The second-order valence-electron chi connectivity index (χ2n) is 8.47. The van der Waals surface area contributed by atoms with E-state index in [1.807, 2.05) is 56.6 Å². The van der Waals surface area contributed by atoms with Gasteiger partial charge >= 0.3 is 0 Å². The molecule has 0 bridgehead atoms. The van der Waals surface area contributed by atoms with E-state index in [2.05, 4.69) is 41.8 Å². The molecule has 1 atom stereocenters. The van der Waals surface area contributed by atoms with Crippen molar-refractivity contribution in [3.05, 3.63) is 89.6 Å². The van der Waals surface area contributed by atoms with Crippen molar-refractivity contribution in [2.75, 3.05) is 0 Å². The van der Waals surface area contributed by atoms with Gasteiger partial charge in [-0.2, -0.15) is 0 Å². The zero-order valence-corrected chi connectivity index (χ0v) is 17.3. The predicted molar refractivity (Wildman–Crippen MR) is 123 cm³/mol. The summed E-state index contributed by atoms with van der Waals surface area (Å²) in [6, 6.07) is 22.3. The number of rotatable bonds is 1. The topological polar surface area (TPSA) is 17.0 Å². The van der Waals surface area contributed by atoms with E-state index in [1.54, 1.807) is 0 Å². The maximum absolute atomic E-state index is 8.52. The first-order valence-electron chi connectivity index (χ1n) is 11.8. The van der Waals surface area contributed by atoms with Gasteiger partial charge in [-0.05, 0) is 41.3 Å². The van der Waals surface area contributed by atoms with Crippen molar-refractivity contribution in [1.82, 2.24) is 0 Å². The summed E-state index contributed by atoms with van der Waals surface area (Å²) in [5.41, 5.74) is 7.02. The number of furan rings is 1. The minimum atomic E-state index is -2.23. The molecule has 0 saturated heterocycles. The highest BCUT2D eigenvalue weighted by molar-refractivity contribution is 6.12. The molecule has 0 aliphatic heterocycles. The Morgan fingerprint density at radius 3 is 2.47 bits per heavy atom. The summed E-state index contributed by atoms with van der Waals surface area (Å²) in [7, 11) is 2.02. The van der Waals surface area contributed by atoms with E-state index >= 15 is 0 Å². The fourth-order valence-corrected chi connectivity index (χ4v) is 5.11. The standard InChI is InChI=1S/C28H24NO/c1-17-12-13-20-21-15-14-19-18-9-5-6-10-22(18)28(2,3)25(19)27(21)30-26(20)24(17)23-11-7-8-16-29(23)4/h5-16H,1-4H3/q+1/i2D3. The highest BCUT2D eigenvalue weighted by Gasteiger charge is 2.38. The Kier molecular flexibility index (Phi) is 2.83. The Labute approximate surface area is 180 Å². The van der Waals surface area contributed by atoms with E-state index in [-0.39, 0.29) is 0 Å². The monoisotopic (exact) mass is 393 g/mol. The molecule has 2 heterocycles. The van der Waals surface area contributed by atoms with E-state index in [9.17, 15) is 0 Å². The molecular formula is C28H24NO+. The molecule has 0 saturated carbocycles. The van der Waals surface area contributed by atoms with Crippen molar-refractivity contribution < 1.29 is 13.1 Å². The van der Waals surface area contributed by atoms with Gasteiger partial charge in [-0.1, -0.05) is 56.2 Å². The molecule has 6 rings (SSSR count). The number of hydrogen-bond acceptors (Lipinski definition) is 1.